The highest BCUT2D eigenvalue weighted by atomic mass is 19.2. The van der Waals surface area contributed by atoms with E-state index in [1.165, 1.54) is 4.90 Å². The molecule has 2 aromatic carbocycles. The van der Waals surface area contributed by atoms with Crippen molar-refractivity contribution in [2.75, 3.05) is 5.32 Å². The molecule has 2 amide bonds. The monoisotopic (exact) mass is 387 g/mol. The molecule has 0 spiro atoms. The zero-order valence-corrected chi connectivity index (χ0v) is 14.9. The smallest absolute Gasteiger partial charge is 0.322 e. The first-order valence-corrected chi connectivity index (χ1v) is 8.69. The van der Waals surface area contributed by atoms with Crippen LogP contribution in [0.5, 0.6) is 0 Å². The summed E-state index contributed by atoms with van der Waals surface area (Å²) in [5.41, 5.74) is 2.24. The van der Waals surface area contributed by atoms with Gasteiger partial charge in [0.2, 0.25) is 0 Å². The number of hydrogen-bond acceptors (Lipinski definition) is 3. The van der Waals surface area contributed by atoms with Gasteiger partial charge in [-0.1, -0.05) is 35.5 Å². The molecular formula is C20H16F3N3O2. The topological polar surface area (TPSA) is 58.4 Å². The van der Waals surface area contributed by atoms with Crippen LogP contribution in [0.2, 0.25) is 0 Å². The van der Waals surface area contributed by atoms with Crippen molar-refractivity contribution in [3.8, 4) is 11.3 Å². The van der Waals surface area contributed by atoms with Crippen LogP contribution in [0.1, 0.15) is 18.2 Å². The van der Waals surface area contributed by atoms with Gasteiger partial charge in [0.1, 0.15) is 0 Å². The van der Waals surface area contributed by atoms with E-state index < -0.39 is 23.5 Å². The van der Waals surface area contributed by atoms with Crippen LogP contribution in [0.3, 0.4) is 0 Å². The van der Waals surface area contributed by atoms with E-state index in [0.29, 0.717) is 12.2 Å². The van der Waals surface area contributed by atoms with Gasteiger partial charge in [-0.25, -0.2) is 18.0 Å². The molecule has 1 atom stereocenters. The van der Waals surface area contributed by atoms with E-state index in [2.05, 4.69) is 10.5 Å². The van der Waals surface area contributed by atoms with Crippen LogP contribution < -0.4 is 5.32 Å². The second-order valence-corrected chi connectivity index (χ2v) is 6.67. The first-order valence-electron chi connectivity index (χ1n) is 8.69. The van der Waals surface area contributed by atoms with Crippen molar-refractivity contribution in [2.45, 2.75) is 25.9 Å². The van der Waals surface area contributed by atoms with Gasteiger partial charge >= 0.3 is 6.03 Å². The van der Waals surface area contributed by atoms with Gasteiger partial charge in [-0.2, -0.15) is 0 Å². The minimum atomic E-state index is -1.58. The molecule has 5 nitrogen and oxygen atoms in total. The maximum Gasteiger partial charge on any atom is 0.322 e. The largest absolute Gasteiger partial charge is 0.356 e. The number of halogens is 3. The second-order valence-electron chi connectivity index (χ2n) is 6.67. The van der Waals surface area contributed by atoms with Gasteiger partial charge < -0.3 is 14.7 Å². The van der Waals surface area contributed by atoms with Gasteiger partial charge in [0.25, 0.3) is 0 Å². The van der Waals surface area contributed by atoms with Crippen molar-refractivity contribution in [1.82, 2.24) is 10.1 Å². The molecule has 3 aromatic rings. The zero-order valence-electron chi connectivity index (χ0n) is 14.9. The Balaban J connectivity index is 1.59. The Kier molecular flexibility index (Phi) is 4.54. The van der Waals surface area contributed by atoms with Gasteiger partial charge in [0.05, 0.1) is 12.2 Å². The number of carbonyl (C=O) groups is 1. The number of aromatic nitrogens is 1. The molecule has 4 rings (SSSR count). The quantitative estimate of drug-likeness (QED) is 0.647. The summed E-state index contributed by atoms with van der Waals surface area (Å²) in [5.74, 6) is -3.73. The number of rotatable bonds is 2. The lowest BCUT2D eigenvalue weighted by Crippen LogP contribution is -2.44. The van der Waals surface area contributed by atoms with Gasteiger partial charge in [-0.3, -0.25) is 0 Å². The molecule has 0 saturated carbocycles. The Morgan fingerprint density at radius 1 is 1.18 bits per heavy atom. The molecule has 1 aliphatic heterocycles. The molecular weight excluding hydrogens is 371 g/mol. The van der Waals surface area contributed by atoms with Crippen LogP contribution >= 0.6 is 0 Å². The Morgan fingerprint density at radius 3 is 2.54 bits per heavy atom. The molecule has 0 saturated heterocycles. The van der Waals surface area contributed by atoms with E-state index >= 15 is 0 Å². The molecule has 1 N–H and O–H groups in total. The zero-order chi connectivity index (χ0) is 19.8. The number of nitrogens with zero attached hydrogens (tertiary/aromatic N) is 2. The first-order chi connectivity index (χ1) is 13.4. The van der Waals surface area contributed by atoms with Gasteiger partial charge in [0.15, 0.2) is 23.2 Å². The number of urea groups is 1. The van der Waals surface area contributed by atoms with Crippen LogP contribution in [0.4, 0.5) is 23.7 Å². The Morgan fingerprint density at radius 2 is 1.86 bits per heavy atom. The van der Waals surface area contributed by atoms with Crippen molar-refractivity contribution in [3.05, 3.63) is 71.2 Å². The molecule has 8 heteroatoms. The van der Waals surface area contributed by atoms with E-state index in [1.54, 1.807) is 0 Å². The molecule has 1 unspecified atom stereocenters. The highest BCUT2D eigenvalue weighted by Crippen LogP contribution is 2.32. The fourth-order valence-electron chi connectivity index (χ4n) is 3.29. The van der Waals surface area contributed by atoms with E-state index in [1.807, 2.05) is 37.3 Å². The lowest BCUT2D eigenvalue weighted by atomic mass is 9.98. The van der Waals surface area contributed by atoms with Gasteiger partial charge in [0, 0.05) is 41.4 Å². The molecule has 28 heavy (non-hydrogen) atoms. The SMILES string of the molecule is CC1Cc2noc(-c3ccccc3)c2CN1C(=O)Nc1cc(F)c(F)c(F)c1. The second kappa shape index (κ2) is 7.03. The molecule has 2 heterocycles. The van der Waals surface area contributed by atoms with E-state index in [9.17, 15) is 18.0 Å². The summed E-state index contributed by atoms with van der Waals surface area (Å²) in [4.78, 5) is 14.2. The van der Waals surface area contributed by atoms with Crippen LogP contribution in [0, 0.1) is 17.5 Å². The van der Waals surface area contributed by atoms with E-state index in [0.717, 1.165) is 29.0 Å². The van der Waals surface area contributed by atoms with E-state index in [4.69, 9.17) is 4.52 Å². The van der Waals surface area contributed by atoms with Crippen LogP contribution in [-0.2, 0) is 13.0 Å². The molecule has 144 valence electrons. The third-order valence-corrected chi connectivity index (χ3v) is 4.75. The summed E-state index contributed by atoms with van der Waals surface area (Å²) >= 11 is 0. The molecule has 0 bridgehead atoms. The standard InChI is InChI=1S/C20H16F3N3O2/c1-11-7-17-14(19(28-25-17)12-5-3-2-4-6-12)10-26(11)20(27)24-13-8-15(21)18(23)16(22)9-13/h2-6,8-9,11H,7,10H2,1H3,(H,24,27). The number of hydrogen-bond donors (Lipinski definition) is 1. The molecule has 0 radical (unpaired) electrons. The summed E-state index contributed by atoms with van der Waals surface area (Å²) < 4.78 is 45.4. The minimum Gasteiger partial charge on any atom is -0.356 e. The maximum atomic E-state index is 13.4. The third kappa shape index (κ3) is 3.21. The highest BCUT2D eigenvalue weighted by Gasteiger charge is 2.32. The number of carbonyl (C=O) groups excluding carboxylic acids is 1. The van der Waals surface area contributed by atoms with Crippen molar-refractivity contribution in [1.29, 1.82) is 0 Å². The number of anilines is 1. The average molecular weight is 387 g/mol. The maximum absolute atomic E-state index is 13.4. The third-order valence-electron chi connectivity index (χ3n) is 4.75. The van der Waals surface area contributed by atoms with Crippen LogP contribution in [-0.4, -0.2) is 22.1 Å². The Labute approximate surface area is 158 Å². The summed E-state index contributed by atoms with van der Waals surface area (Å²) in [5, 5.41) is 6.54. The minimum absolute atomic E-state index is 0.159. The predicted octanol–water partition coefficient (Wildman–Crippen LogP) is 4.74. The van der Waals surface area contributed by atoms with Crippen molar-refractivity contribution in [2.24, 2.45) is 0 Å². The van der Waals surface area contributed by atoms with Crippen molar-refractivity contribution >= 4 is 11.7 Å². The van der Waals surface area contributed by atoms with Gasteiger partial charge in [-0.15, -0.1) is 0 Å². The fraction of sp³-hybridized carbons (Fsp3) is 0.200. The summed E-state index contributed by atoms with van der Waals surface area (Å²) in [6.07, 6.45) is 0.477. The number of benzene rings is 2. The molecule has 1 aromatic heterocycles. The summed E-state index contributed by atoms with van der Waals surface area (Å²) in [6, 6.07) is 10.1. The van der Waals surface area contributed by atoms with Crippen molar-refractivity contribution < 1.29 is 22.5 Å². The predicted molar refractivity (Wildman–Crippen MR) is 96.0 cm³/mol. The number of nitrogens with one attached hydrogen (secondary N) is 1. The van der Waals surface area contributed by atoms with Crippen LogP contribution in [0.15, 0.2) is 47.0 Å². The van der Waals surface area contributed by atoms with Crippen LogP contribution in [0.25, 0.3) is 11.3 Å². The lowest BCUT2D eigenvalue weighted by molar-refractivity contribution is 0.182. The summed E-state index contributed by atoms with van der Waals surface area (Å²) in [7, 11) is 0. The normalized spacial score (nSPS) is 16.0. The van der Waals surface area contributed by atoms with Gasteiger partial charge in [-0.05, 0) is 6.92 Å². The Bertz CT molecular complexity index is 1010. The van der Waals surface area contributed by atoms with E-state index in [-0.39, 0.29) is 18.3 Å². The molecule has 0 aliphatic carbocycles. The average Bonchev–Trinajstić information content (AvgIpc) is 3.08. The first kappa shape index (κ1) is 18.1. The highest BCUT2D eigenvalue weighted by molar-refractivity contribution is 5.89. The fourth-order valence-corrected chi connectivity index (χ4v) is 3.29. The molecule has 0 fully saturated rings. The lowest BCUT2D eigenvalue weighted by Gasteiger charge is -2.32. The molecule has 1 aliphatic rings. The number of amides is 2. The van der Waals surface area contributed by atoms with Crippen molar-refractivity contribution in [3.63, 3.8) is 0 Å². The Hall–Kier alpha value is -3.29. The number of fused-ring (bicyclic) bond motifs is 1. The summed E-state index contributed by atoms with van der Waals surface area (Å²) in [6.45, 7) is 2.06.